The van der Waals surface area contributed by atoms with Crippen molar-refractivity contribution >= 4 is 11.9 Å². The van der Waals surface area contributed by atoms with E-state index < -0.39 is 17.9 Å². The van der Waals surface area contributed by atoms with Crippen LogP contribution in [0.5, 0.6) is 0 Å². The summed E-state index contributed by atoms with van der Waals surface area (Å²) >= 11 is 0. The predicted molar refractivity (Wildman–Crippen MR) is 101 cm³/mol. The molecule has 0 aliphatic rings. The number of benzene rings is 1. The minimum atomic E-state index is -0.552. The lowest BCUT2D eigenvalue weighted by Gasteiger charge is -2.18. The van der Waals surface area contributed by atoms with E-state index in [-0.39, 0.29) is 17.7 Å². The first-order chi connectivity index (χ1) is 12.9. The molecule has 0 saturated carbocycles. The summed E-state index contributed by atoms with van der Waals surface area (Å²) in [4.78, 5) is 36.3. The van der Waals surface area contributed by atoms with Gasteiger partial charge in [-0.2, -0.15) is 5.10 Å². The van der Waals surface area contributed by atoms with Gasteiger partial charge in [0.25, 0.3) is 11.5 Å². The highest BCUT2D eigenvalue weighted by Gasteiger charge is 2.21. The molecule has 144 valence electrons. The van der Waals surface area contributed by atoms with E-state index in [2.05, 4.69) is 10.4 Å². The lowest BCUT2D eigenvalue weighted by Crippen LogP contribution is -2.33. The first-order valence-corrected chi connectivity index (χ1v) is 8.97. The number of esters is 1. The van der Waals surface area contributed by atoms with Crippen LogP contribution in [0.3, 0.4) is 0 Å². The van der Waals surface area contributed by atoms with Gasteiger partial charge < -0.3 is 10.1 Å². The SMILES string of the molecule is CCCCn1nc(C(=O)N[C@H](CC(=O)OC)c2ccc(C)cc2)ccc1=O. The summed E-state index contributed by atoms with van der Waals surface area (Å²) in [5.41, 5.74) is 1.75. The maximum Gasteiger partial charge on any atom is 0.307 e. The van der Waals surface area contributed by atoms with E-state index in [4.69, 9.17) is 4.74 Å². The zero-order valence-corrected chi connectivity index (χ0v) is 15.9. The standard InChI is InChI=1S/C20H25N3O4/c1-4-5-12-23-18(24)11-10-16(22-23)20(26)21-17(13-19(25)27-3)15-8-6-14(2)7-9-15/h6-11,17H,4-5,12-13H2,1-3H3,(H,21,26)/t17-/m1/s1. The van der Waals surface area contributed by atoms with Crippen molar-refractivity contribution in [2.75, 3.05) is 7.11 Å². The van der Waals surface area contributed by atoms with E-state index in [1.54, 1.807) is 0 Å². The van der Waals surface area contributed by atoms with E-state index >= 15 is 0 Å². The Morgan fingerprint density at radius 3 is 2.52 bits per heavy atom. The van der Waals surface area contributed by atoms with Crippen molar-refractivity contribution in [3.8, 4) is 0 Å². The van der Waals surface area contributed by atoms with Crippen LogP contribution in [0.4, 0.5) is 0 Å². The highest BCUT2D eigenvalue weighted by atomic mass is 16.5. The fourth-order valence-electron chi connectivity index (χ4n) is 2.57. The monoisotopic (exact) mass is 371 g/mol. The van der Waals surface area contributed by atoms with E-state index in [0.717, 1.165) is 24.0 Å². The zero-order valence-electron chi connectivity index (χ0n) is 15.9. The molecular formula is C20H25N3O4. The minimum absolute atomic E-state index is 0.000769. The number of aryl methyl sites for hydroxylation is 2. The molecule has 0 bridgehead atoms. The van der Waals surface area contributed by atoms with Gasteiger partial charge >= 0.3 is 5.97 Å². The molecular weight excluding hydrogens is 346 g/mol. The molecule has 0 radical (unpaired) electrons. The minimum Gasteiger partial charge on any atom is -0.469 e. The van der Waals surface area contributed by atoms with Crippen LogP contribution in [0, 0.1) is 6.92 Å². The summed E-state index contributed by atoms with van der Waals surface area (Å²) in [7, 11) is 1.31. The van der Waals surface area contributed by atoms with Crippen molar-refractivity contribution < 1.29 is 14.3 Å². The first-order valence-electron chi connectivity index (χ1n) is 8.97. The number of hydrogen-bond donors (Lipinski definition) is 1. The molecule has 0 aliphatic carbocycles. The highest BCUT2D eigenvalue weighted by molar-refractivity contribution is 5.92. The Balaban J connectivity index is 2.23. The summed E-state index contributed by atoms with van der Waals surface area (Å²) < 4.78 is 6.03. The first kappa shape index (κ1) is 20.4. The van der Waals surface area contributed by atoms with Crippen LogP contribution in [0.1, 0.15) is 53.8 Å². The number of ether oxygens (including phenoxy) is 1. The summed E-state index contributed by atoms with van der Waals surface area (Å²) in [5, 5.41) is 6.97. The number of carbonyl (C=O) groups is 2. The maximum absolute atomic E-state index is 12.7. The van der Waals surface area contributed by atoms with Crippen molar-refractivity contribution in [1.29, 1.82) is 0 Å². The molecule has 7 nitrogen and oxygen atoms in total. The molecule has 2 aromatic rings. The Bertz CT molecular complexity index is 843. The number of aromatic nitrogens is 2. The van der Waals surface area contributed by atoms with E-state index in [9.17, 15) is 14.4 Å². The van der Waals surface area contributed by atoms with Crippen molar-refractivity contribution in [2.24, 2.45) is 0 Å². The number of nitrogens with one attached hydrogen (secondary N) is 1. The number of methoxy groups -OCH3 is 1. The third-order valence-corrected chi connectivity index (χ3v) is 4.21. The lowest BCUT2D eigenvalue weighted by atomic mass is 10.0. The van der Waals surface area contributed by atoms with E-state index in [1.807, 2.05) is 38.1 Å². The average molecular weight is 371 g/mol. The number of unbranched alkanes of at least 4 members (excludes halogenated alkanes) is 1. The molecule has 27 heavy (non-hydrogen) atoms. The summed E-state index contributed by atoms with van der Waals surface area (Å²) in [5.74, 6) is -0.878. The van der Waals surface area contributed by atoms with Gasteiger partial charge in [-0.1, -0.05) is 43.2 Å². The van der Waals surface area contributed by atoms with Crippen LogP contribution in [-0.4, -0.2) is 28.8 Å². The fourth-order valence-corrected chi connectivity index (χ4v) is 2.57. The van der Waals surface area contributed by atoms with Crippen LogP contribution >= 0.6 is 0 Å². The molecule has 1 N–H and O–H groups in total. The smallest absolute Gasteiger partial charge is 0.307 e. The van der Waals surface area contributed by atoms with Gasteiger partial charge in [-0.25, -0.2) is 4.68 Å². The number of carbonyl (C=O) groups excluding carboxylic acids is 2. The quantitative estimate of drug-likeness (QED) is 0.720. The van der Waals surface area contributed by atoms with Gasteiger partial charge in [-0.3, -0.25) is 14.4 Å². The van der Waals surface area contributed by atoms with E-state index in [0.29, 0.717) is 6.54 Å². The Labute approximate surface area is 158 Å². The molecule has 0 fully saturated rings. The summed E-state index contributed by atoms with van der Waals surface area (Å²) in [6, 6.07) is 9.72. The van der Waals surface area contributed by atoms with Gasteiger partial charge in [0.05, 0.1) is 19.6 Å². The molecule has 1 aromatic carbocycles. The van der Waals surface area contributed by atoms with Gasteiger partial charge in [0.1, 0.15) is 5.69 Å². The molecule has 7 heteroatoms. The normalized spacial score (nSPS) is 11.7. The molecule has 0 unspecified atom stereocenters. The number of hydrogen-bond acceptors (Lipinski definition) is 5. The highest BCUT2D eigenvalue weighted by Crippen LogP contribution is 2.18. The van der Waals surface area contributed by atoms with E-state index in [1.165, 1.54) is 23.9 Å². The fraction of sp³-hybridized carbons (Fsp3) is 0.400. The molecule has 1 aromatic heterocycles. The van der Waals surface area contributed by atoms with Crippen LogP contribution in [0.15, 0.2) is 41.2 Å². The number of rotatable bonds is 8. The molecule has 0 aliphatic heterocycles. The van der Waals surface area contributed by atoms with Crippen LogP contribution in [0.25, 0.3) is 0 Å². The topological polar surface area (TPSA) is 90.3 Å². The molecule has 1 atom stereocenters. The Kier molecular flexibility index (Phi) is 7.28. The van der Waals surface area contributed by atoms with Crippen molar-refractivity contribution in [2.45, 2.75) is 45.7 Å². The second-order valence-corrected chi connectivity index (χ2v) is 6.35. The largest absolute Gasteiger partial charge is 0.469 e. The van der Waals surface area contributed by atoms with Gasteiger partial charge in [0.15, 0.2) is 0 Å². The lowest BCUT2D eigenvalue weighted by molar-refractivity contribution is -0.141. The maximum atomic E-state index is 12.7. The zero-order chi connectivity index (χ0) is 19.8. The second-order valence-electron chi connectivity index (χ2n) is 6.35. The van der Waals surface area contributed by atoms with Crippen molar-refractivity contribution in [3.05, 3.63) is 63.6 Å². The van der Waals surface area contributed by atoms with Crippen molar-refractivity contribution in [1.82, 2.24) is 15.1 Å². The summed E-state index contributed by atoms with van der Waals surface area (Å²) in [6.45, 7) is 4.43. The number of nitrogens with zero attached hydrogens (tertiary/aromatic N) is 2. The van der Waals surface area contributed by atoms with Crippen LogP contribution < -0.4 is 10.9 Å². The summed E-state index contributed by atoms with van der Waals surface area (Å²) in [6.07, 6.45) is 1.71. The second kappa shape index (κ2) is 9.66. The third kappa shape index (κ3) is 5.77. The number of amides is 1. The van der Waals surface area contributed by atoms with Gasteiger partial charge in [0.2, 0.25) is 0 Å². The Morgan fingerprint density at radius 2 is 1.89 bits per heavy atom. The molecule has 0 saturated heterocycles. The molecule has 1 heterocycles. The third-order valence-electron chi connectivity index (χ3n) is 4.21. The van der Waals surface area contributed by atoms with Crippen LogP contribution in [0.2, 0.25) is 0 Å². The van der Waals surface area contributed by atoms with Crippen molar-refractivity contribution in [3.63, 3.8) is 0 Å². The van der Waals surface area contributed by atoms with Gasteiger partial charge in [-0.05, 0) is 25.0 Å². The predicted octanol–water partition coefficient (Wildman–Crippen LogP) is 2.39. The van der Waals surface area contributed by atoms with Gasteiger partial charge in [0, 0.05) is 12.6 Å². The van der Waals surface area contributed by atoms with Crippen LogP contribution in [-0.2, 0) is 16.1 Å². The molecule has 2 rings (SSSR count). The molecule has 1 amide bonds. The Hall–Kier alpha value is -2.96. The average Bonchev–Trinajstić information content (AvgIpc) is 2.67. The Morgan fingerprint density at radius 1 is 1.19 bits per heavy atom. The molecule has 0 spiro atoms. The van der Waals surface area contributed by atoms with Gasteiger partial charge in [-0.15, -0.1) is 0 Å².